The number of guanidine groups is 1. The predicted molar refractivity (Wildman–Crippen MR) is 78.3 cm³/mol. The third-order valence-corrected chi connectivity index (χ3v) is 2.61. The molecule has 11 nitrogen and oxygen atoms in total. The van der Waals surface area contributed by atoms with Crippen molar-refractivity contribution in [3.8, 4) is 0 Å². The van der Waals surface area contributed by atoms with Crippen molar-refractivity contribution in [2.45, 2.75) is 6.92 Å². The molecule has 11 heteroatoms. The van der Waals surface area contributed by atoms with E-state index in [-0.39, 0.29) is 22.9 Å². The molecule has 7 N–H and O–H groups in total. The molecular formula is C11H14N6O5. The fraction of sp³-hybridized carbons (Fsp3) is 0.182. The van der Waals surface area contributed by atoms with Crippen LogP contribution in [0.4, 0.5) is 17.1 Å². The molecule has 0 heterocycles. The number of hydrogen-bond donors (Lipinski definition) is 4. The minimum Gasteiger partial charge on any atom is -0.478 e. The van der Waals surface area contributed by atoms with Gasteiger partial charge in [0.05, 0.1) is 16.2 Å². The van der Waals surface area contributed by atoms with Crippen molar-refractivity contribution >= 4 is 34.9 Å². The first-order chi connectivity index (χ1) is 10.1. The summed E-state index contributed by atoms with van der Waals surface area (Å²) in [5.41, 5.74) is 14.5. The number of carboxylic acid groups (broad SMARTS) is 1. The van der Waals surface area contributed by atoms with Crippen LogP contribution in [-0.4, -0.2) is 34.5 Å². The lowest BCUT2D eigenvalue weighted by molar-refractivity contribution is -0.384. The normalized spacial score (nSPS) is 9.86. The van der Waals surface area contributed by atoms with E-state index in [0.717, 1.165) is 24.0 Å². The predicted octanol–water partition coefficient (Wildman–Crippen LogP) is -0.541. The summed E-state index contributed by atoms with van der Waals surface area (Å²) in [4.78, 5) is 37.4. The Morgan fingerprint density at radius 1 is 1.41 bits per heavy atom. The second kappa shape index (κ2) is 6.39. The maximum absolute atomic E-state index is 11.7. The average Bonchev–Trinajstić information content (AvgIpc) is 2.38. The summed E-state index contributed by atoms with van der Waals surface area (Å²) in [7, 11) is 0. The van der Waals surface area contributed by atoms with Crippen LogP contribution in [0.1, 0.15) is 17.3 Å². The third-order valence-electron chi connectivity index (χ3n) is 2.61. The maximum Gasteiger partial charge on any atom is 0.336 e. The number of anilines is 2. The van der Waals surface area contributed by atoms with Crippen LogP contribution in [0.15, 0.2) is 17.1 Å². The number of hydrogen-bond acceptors (Lipinski definition) is 6. The largest absolute Gasteiger partial charge is 0.478 e. The van der Waals surface area contributed by atoms with Gasteiger partial charge in [-0.1, -0.05) is 0 Å². The first-order valence-corrected chi connectivity index (χ1v) is 5.79. The number of rotatable bonds is 5. The van der Waals surface area contributed by atoms with E-state index in [1.165, 1.54) is 0 Å². The number of nitro groups is 1. The zero-order valence-corrected chi connectivity index (χ0v) is 11.5. The van der Waals surface area contributed by atoms with Gasteiger partial charge in [-0.15, -0.1) is 0 Å². The van der Waals surface area contributed by atoms with Gasteiger partial charge >= 0.3 is 5.97 Å². The van der Waals surface area contributed by atoms with E-state index in [2.05, 4.69) is 4.99 Å². The second-order valence-corrected chi connectivity index (χ2v) is 4.17. The number of benzene rings is 1. The summed E-state index contributed by atoms with van der Waals surface area (Å²) in [5.74, 6) is -2.32. The number of nitrogen functional groups attached to an aromatic ring is 1. The first kappa shape index (κ1) is 16.7. The molecule has 0 fully saturated rings. The molecule has 0 saturated heterocycles. The molecule has 0 aromatic heterocycles. The van der Waals surface area contributed by atoms with E-state index in [9.17, 15) is 19.7 Å². The monoisotopic (exact) mass is 310 g/mol. The lowest BCUT2D eigenvalue weighted by atomic mass is 10.1. The zero-order chi connectivity index (χ0) is 17.0. The Morgan fingerprint density at radius 3 is 2.41 bits per heavy atom. The van der Waals surface area contributed by atoms with Crippen LogP contribution < -0.4 is 22.1 Å². The highest BCUT2D eigenvalue weighted by molar-refractivity contribution is 6.01. The number of nitro benzene ring substituents is 1. The van der Waals surface area contributed by atoms with Gasteiger partial charge in [-0.3, -0.25) is 19.8 Å². The van der Waals surface area contributed by atoms with Crippen LogP contribution in [0.3, 0.4) is 0 Å². The molecule has 1 amide bonds. The fourth-order valence-corrected chi connectivity index (χ4v) is 1.68. The Labute approximate surface area is 124 Å². The van der Waals surface area contributed by atoms with Crippen molar-refractivity contribution in [3.63, 3.8) is 0 Å². The number of carboxylic acids is 1. The molecular weight excluding hydrogens is 296 g/mol. The SMILES string of the molecule is CC(=O)N(CN=C(N)N)c1c(N)cc(C(=O)O)cc1[N+](=O)[O-]. The molecule has 22 heavy (non-hydrogen) atoms. The molecule has 1 aromatic carbocycles. The topological polar surface area (TPSA) is 191 Å². The molecule has 0 aliphatic rings. The molecule has 0 unspecified atom stereocenters. The molecule has 0 aliphatic heterocycles. The Morgan fingerprint density at radius 2 is 2.00 bits per heavy atom. The fourth-order valence-electron chi connectivity index (χ4n) is 1.68. The zero-order valence-electron chi connectivity index (χ0n) is 11.5. The van der Waals surface area contributed by atoms with Crippen LogP contribution in [-0.2, 0) is 4.79 Å². The molecule has 118 valence electrons. The summed E-state index contributed by atoms with van der Waals surface area (Å²) in [5, 5.41) is 20.1. The number of carbonyl (C=O) groups excluding carboxylic acids is 1. The molecule has 1 rings (SSSR count). The van der Waals surface area contributed by atoms with Crippen LogP contribution in [0.2, 0.25) is 0 Å². The first-order valence-electron chi connectivity index (χ1n) is 5.79. The van der Waals surface area contributed by atoms with Crippen LogP contribution in [0, 0.1) is 10.1 Å². The van der Waals surface area contributed by atoms with E-state index in [1.54, 1.807) is 0 Å². The number of aromatic carboxylic acids is 1. The van der Waals surface area contributed by atoms with Crippen LogP contribution in [0.5, 0.6) is 0 Å². The summed E-state index contributed by atoms with van der Waals surface area (Å²) in [6, 6.07) is 1.82. The van der Waals surface area contributed by atoms with Gasteiger partial charge < -0.3 is 22.3 Å². The number of nitrogens with zero attached hydrogens (tertiary/aromatic N) is 3. The maximum atomic E-state index is 11.7. The highest BCUT2D eigenvalue weighted by atomic mass is 16.6. The number of carbonyl (C=O) groups is 2. The van der Waals surface area contributed by atoms with Gasteiger partial charge in [0.2, 0.25) is 5.91 Å². The summed E-state index contributed by atoms with van der Waals surface area (Å²) in [6.07, 6.45) is 0. The molecule has 0 spiro atoms. The van der Waals surface area contributed by atoms with E-state index in [1.807, 2.05) is 0 Å². The van der Waals surface area contributed by atoms with Crippen LogP contribution in [0.25, 0.3) is 0 Å². The van der Waals surface area contributed by atoms with E-state index in [4.69, 9.17) is 22.3 Å². The van der Waals surface area contributed by atoms with E-state index in [0.29, 0.717) is 0 Å². The standard InChI is InChI=1S/C11H14N6O5/c1-5(18)16(4-15-11(13)14)9-7(12)2-6(10(19)20)3-8(9)17(21)22/h2-3H,4,12H2,1H3,(H,19,20)(H4,13,14,15). The lowest BCUT2D eigenvalue weighted by Crippen LogP contribution is -2.33. The van der Waals surface area contributed by atoms with Crippen molar-refractivity contribution in [2.24, 2.45) is 16.5 Å². The molecule has 0 saturated carbocycles. The molecule has 0 atom stereocenters. The Hall–Kier alpha value is -3.37. The second-order valence-electron chi connectivity index (χ2n) is 4.17. The minimum absolute atomic E-state index is 0.257. The summed E-state index contributed by atoms with van der Waals surface area (Å²) >= 11 is 0. The average molecular weight is 310 g/mol. The quantitative estimate of drug-likeness (QED) is 0.183. The van der Waals surface area contributed by atoms with E-state index >= 15 is 0 Å². The van der Waals surface area contributed by atoms with Crippen molar-refractivity contribution < 1.29 is 19.6 Å². The van der Waals surface area contributed by atoms with Crippen molar-refractivity contribution in [1.82, 2.24) is 0 Å². The third kappa shape index (κ3) is 3.59. The van der Waals surface area contributed by atoms with Gasteiger partial charge in [-0.2, -0.15) is 0 Å². The number of aliphatic imine (C=N–C) groups is 1. The molecule has 0 bridgehead atoms. The Balaban J connectivity index is 3.54. The van der Waals surface area contributed by atoms with Gasteiger partial charge in [-0.25, -0.2) is 9.79 Å². The number of amides is 1. The Bertz CT molecular complexity index is 667. The number of nitrogens with two attached hydrogens (primary N) is 3. The minimum atomic E-state index is -1.39. The summed E-state index contributed by atoms with van der Waals surface area (Å²) in [6.45, 7) is 0.742. The smallest absolute Gasteiger partial charge is 0.336 e. The molecule has 0 aliphatic carbocycles. The van der Waals surface area contributed by atoms with Crippen molar-refractivity contribution in [3.05, 3.63) is 27.8 Å². The van der Waals surface area contributed by atoms with Crippen molar-refractivity contribution in [2.75, 3.05) is 17.3 Å². The molecule has 1 aromatic rings. The van der Waals surface area contributed by atoms with Crippen LogP contribution >= 0.6 is 0 Å². The lowest BCUT2D eigenvalue weighted by Gasteiger charge is -2.20. The van der Waals surface area contributed by atoms with E-state index < -0.39 is 29.2 Å². The van der Waals surface area contributed by atoms with Crippen molar-refractivity contribution in [1.29, 1.82) is 0 Å². The van der Waals surface area contributed by atoms with Gasteiger partial charge in [0, 0.05) is 13.0 Å². The van der Waals surface area contributed by atoms with Gasteiger partial charge in [0.15, 0.2) is 5.96 Å². The summed E-state index contributed by atoms with van der Waals surface area (Å²) < 4.78 is 0. The highest BCUT2D eigenvalue weighted by Gasteiger charge is 2.27. The molecule has 0 radical (unpaired) electrons. The van der Waals surface area contributed by atoms with Gasteiger partial charge in [0.1, 0.15) is 12.4 Å². The van der Waals surface area contributed by atoms with Gasteiger partial charge in [0.25, 0.3) is 5.69 Å². The highest BCUT2D eigenvalue weighted by Crippen LogP contribution is 2.35. The Kier molecular flexibility index (Phi) is 4.84. The van der Waals surface area contributed by atoms with Gasteiger partial charge in [-0.05, 0) is 6.07 Å².